The van der Waals surface area contributed by atoms with Crippen LogP contribution in [0.25, 0.3) is 0 Å². The van der Waals surface area contributed by atoms with Gasteiger partial charge in [0.25, 0.3) is 5.91 Å². The van der Waals surface area contributed by atoms with Gasteiger partial charge in [0.05, 0.1) is 7.11 Å². The van der Waals surface area contributed by atoms with Crippen molar-refractivity contribution in [2.45, 2.75) is 20.3 Å². The number of rotatable bonds is 9. The third-order valence-electron chi connectivity index (χ3n) is 5.54. The van der Waals surface area contributed by atoms with E-state index < -0.39 is 0 Å². The smallest absolute Gasteiger partial charge is 0.257 e. The van der Waals surface area contributed by atoms with Crippen molar-refractivity contribution in [3.05, 3.63) is 53.6 Å². The van der Waals surface area contributed by atoms with Gasteiger partial charge in [0.1, 0.15) is 11.5 Å². The van der Waals surface area contributed by atoms with Crippen molar-refractivity contribution in [1.82, 2.24) is 10.2 Å². The normalized spacial score (nSPS) is 14.4. The van der Waals surface area contributed by atoms with Gasteiger partial charge in [0.2, 0.25) is 0 Å². The molecule has 30 heavy (non-hydrogen) atoms. The van der Waals surface area contributed by atoms with Gasteiger partial charge in [-0.3, -0.25) is 9.69 Å². The number of hydrogen-bond donors (Lipinski definition) is 1. The van der Waals surface area contributed by atoms with Crippen molar-refractivity contribution >= 4 is 11.6 Å². The van der Waals surface area contributed by atoms with Crippen LogP contribution in [0, 0.1) is 13.8 Å². The Morgan fingerprint density at radius 3 is 2.30 bits per heavy atom. The Labute approximate surface area is 179 Å². The Hall–Kier alpha value is -2.73. The van der Waals surface area contributed by atoms with Crippen molar-refractivity contribution in [3.8, 4) is 11.5 Å². The van der Waals surface area contributed by atoms with Crippen LogP contribution in [0.2, 0.25) is 0 Å². The third kappa shape index (κ3) is 6.13. The molecule has 0 atom stereocenters. The van der Waals surface area contributed by atoms with Crippen LogP contribution in [0.1, 0.15) is 17.5 Å². The molecule has 3 rings (SSSR count). The molecule has 0 bridgehead atoms. The van der Waals surface area contributed by atoms with Crippen LogP contribution < -0.4 is 19.7 Å². The lowest BCUT2D eigenvalue weighted by molar-refractivity contribution is -0.123. The van der Waals surface area contributed by atoms with Crippen molar-refractivity contribution < 1.29 is 14.3 Å². The summed E-state index contributed by atoms with van der Waals surface area (Å²) in [7, 11) is 1.69. The summed E-state index contributed by atoms with van der Waals surface area (Å²) in [5, 5.41) is 2.96. The summed E-state index contributed by atoms with van der Waals surface area (Å²) in [4.78, 5) is 16.9. The van der Waals surface area contributed by atoms with Gasteiger partial charge in [-0.05, 0) is 62.2 Å². The fourth-order valence-electron chi connectivity index (χ4n) is 3.77. The van der Waals surface area contributed by atoms with Crippen LogP contribution in [0.15, 0.2) is 42.5 Å². The van der Waals surface area contributed by atoms with E-state index in [4.69, 9.17) is 9.47 Å². The Morgan fingerprint density at radius 1 is 1.00 bits per heavy atom. The molecule has 6 heteroatoms. The van der Waals surface area contributed by atoms with Gasteiger partial charge in [-0.2, -0.15) is 0 Å². The minimum Gasteiger partial charge on any atom is -0.497 e. The molecule has 1 amide bonds. The molecule has 1 N–H and O–H groups in total. The summed E-state index contributed by atoms with van der Waals surface area (Å²) in [5.41, 5.74) is 3.35. The van der Waals surface area contributed by atoms with Crippen LogP contribution in [0.4, 0.5) is 5.69 Å². The second kappa shape index (κ2) is 10.9. The number of aryl methyl sites for hydroxylation is 2. The zero-order chi connectivity index (χ0) is 21.3. The summed E-state index contributed by atoms with van der Waals surface area (Å²) in [6.07, 6.45) is 0.942. The minimum absolute atomic E-state index is 0.0617. The maximum Gasteiger partial charge on any atom is 0.257 e. The monoisotopic (exact) mass is 411 g/mol. The summed E-state index contributed by atoms with van der Waals surface area (Å²) >= 11 is 0. The van der Waals surface area contributed by atoms with Gasteiger partial charge >= 0.3 is 0 Å². The van der Waals surface area contributed by atoms with E-state index in [1.807, 2.05) is 44.2 Å². The van der Waals surface area contributed by atoms with Gasteiger partial charge in [0.15, 0.2) is 6.61 Å². The summed E-state index contributed by atoms with van der Waals surface area (Å²) in [5.74, 6) is 1.63. The van der Waals surface area contributed by atoms with Crippen molar-refractivity contribution in [3.63, 3.8) is 0 Å². The van der Waals surface area contributed by atoms with Crippen molar-refractivity contribution in [1.29, 1.82) is 0 Å². The van der Waals surface area contributed by atoms with Crippen LogP contribution in [-0.2, 0) is 4.79 Å². The number of benzene rings is 2. The first-order valence-corrected chi connectivity index (χ1v) is 10.6. The van der Waals surface area contributed by atoms with E-state index in [9.17, 15) is 4.79 Å². The second-order valence-corrected chi connectivity index (χ2v) is 7.74. The highest BCUT2D eigenvalue weighted by Gasteiger charge is 2.17. The number of hydrogen-bond acceptors (Lipinski definition) is 5. The lowest BCUT2D eigenvalue weighted by Crippen LogP contribution is -2.47. The van der Waals surface area contributed by atoms with Gasteiger partial charge in [-0.25, -0.2) is 0 Å². The number of nitrogens with one attached hydrogen (secondary N) is 1. The van der Waals surface area contributed by atoms with E-state index in [-0.39, 0.29) is 12.5 Å². The van der Waals surface area contributed by atoms with Crippen molar-refractivity contribution in [2.24, 2.45) is 0 Å². The second-order valence-electron chi connectivity index (χ2n) is 7.74. The average molecular weight is 412 g/mol. The summed E-state index contributed by atoms with van der Waals surface area (Å²) < 4.78 is 10.9. The first-order valence-electron chi connectivity index (χ1n) is 10.6. The molecular formula is C24H33N3O3. The number of piperazine rings is 1. The molecule has 0 saturated carbocycles. The van der Waals surface area contributed by atoms with E-state index in [1.54, 1.807) is 7.11 Å². The zero-order valence-corrected chi connectivity index (χ0v) is 18.3. The first-order chi connectivity index (χ1) is 14.6. The van der Waals surface area contributed by atoms with Crippen molar-refractivity contribution in [2.75, 3.05) is 57.9 Å². The molecule has 0 unspecified atom stereocenters. The van der Waals surface area contributed by atoms with Crippen LogP contribution >= 0.6 is 0 Å². The molecule has 162 valence electrons. The first kappa shape index (κ1) is 22.0. The zero-order valence-electron chi connectivity index (χ0n) is 18.3. The lowest BCUT2D eigenvalue weighted by atomic mass is 10.1. The molecule has 0 radical (unpaired) electrons. The van der Waals surface area contributed by atoms with Crippen LogP contribution in [0.5, 0.6) is 11.5 Å². The molecule has 1 heterocycles. The number of carbonyl (C=O) groups excluding carboxylic acids is 1. The van der Waals surface area contributed by atoms with Gasteiger partial charge in [-0.1, -0.05) is 18.2 Å². The van der Waals surface area contributed by atoms with E-state index in [0.29, 0.717) is 6.54 Å². The number of carbonyl (C=O) groups is 1. The summed E-state index contributed by atoms with van der Waals surface area (Å²) in [6.45, 7) is 9.83. The van der Waals surface area contributed by atoms with Gasteiger partial charge in [0, 0.05) is 38.4 Å². The SMILES string of the molecule is COc1ccc(N2CCN(CCCNC(=O)COc3c(C)cccc3C)CC2)cc1. The molecule has 1 aliphatic heterocycles. The summed E-state index contributed by atoms with van der Waals surface area (Å²) in [6, 6.07) is 14.2. The fraction of sp³-hybridized carbons (Fsp3) is 0.458. The maximum absolute atomic E-state index is 12.1. The van der Waals surface area contributed by atoms with E-state index in [1.165, 1.54) is 5.69 Å². The maximum atomic E-state index is 12.1. The number of para-hydroxylation sites is 1. The van der Waals surface area contributed by atoms with E-state index in [0.717, 1.165) is 61.8 Å². The minimum atomic E-state index is -0.0676. The van der Waals surface area contributed by atoms with Gasteiger partial charge < -0.3 is 19.7 Å². The van der Waals surface area contributed by atoms with Crippen LogP contribution in [-0.4, -0.2) is 63.8 Å². The van der Waals surface area contributed by atoms with E-state index >= 15 is 0 Å². The lowest BCUT2D eigenvalue weighted by Gasteiger charge is -2.36. The van der Waals surface area contributed by atoms with E-state index in [2.05, 4.69) is 27.2 Å². The van der Waals surface area contributed by atoms with Gasteiger partial charge in [-0.15, -0.1) is 0 Å². The number of ether oxygens (including phenoxy) is 2. The number of anilines is 1. The third-order valence-corrected chi connectivity index (χ3v) is 5.54. The Bertz CT molecular complexity index is 795. The predicted molar refractivity (Wildman–Crippen MR) is 121 cm³/mol. The predicted octanol–water partition coefficient (Wildman–Crippen LogP) is 3.02. The van der Waals surface area contributed by atoms with Crippen LogP contribution in [0.3, 0.4) is 0 Å². The molecule has 2 aromatic carbocycles. The molecule has 0 aliphatic carbocycles. The molecule has 0 spiro atoms. The highest BCUT2D eigenvalue weighted by molar-refractivity contribution is 5.77. The Kier molecular flexibility index (Phi) is 7.97. The average Bonchev–Trinajstić information content (AvgIpc) is 2.77. The fourth-order valence-corrected chi connectivity index (χ4v) is 3.77. The molecule has 1 fully saturated rings. The number of nitrogens with zero attached hydrogens (tertiary/aromatic N) is 2. The standard InChI is InChI=1S/C24H33N3O3/c1-19-6-4-7-20(2)24(19)30-18-23(28)25-12-5-13-26-14-16-27(17-15-26)21-8-10-22(29-3)11-9-21/h4,6-11H,5,12-18H2,1-3H3,(H,25,28). The number of amides is 1. The topological polar surface area (TPSA) is 54.0 Å². The Morgan fingerprint density at radius 2 is 1.67 bits per heavy atom. The molecular weight excluding hydrogens is 378 g/mol. The largest absolute Gasteiger partial charge is 0.497 e. The molecule has 2 aromatic rings. The Balaban J connectivity index is 1.30. The molecule has 6 nitrogen and oxygen atoms in total. The quantitative estimate of drug-likeness (QED) is 0.643. The number of methoxy groups -OCH3 is 1. The highest BCUT2D eigenvalue weighted by atomic mass is 16.5. The molecule has 1 aliphatic rings. The molecule has 0 aromatic heterocycles. The highest BCUT2D eigenvalue weighted by Crippen LogP contribution is 2.22. The molecule has 1 saturated heterocycles.